The molecule has 14 heteroatoms. The van der Waals surface area contributed by atoms with Gasteiger partial charge >= 0.3 is 35.8 Å². The first-order valence-electron chi connectivity index (χ1n) is 25.3. The van der Waals surface area contributed by atoms with Gasteiger partial charge in [0.2, 0.25) is 0 Å². The van der Waals surface area contributed by atoms with E-state index in [2.05, 4.69) is 26.0 Å². The van der Waals surface area contributed by atoms with Gasteiger partial charge in [-0.15, -0.1) is 0 Å². The Morgan fingerprint density at radius 2 is 0.877 bits per heavy atom. The third-order valence-corrected chi connectivity index (χ3v) is 11.3. The van der Waals surface area contributed by atoms with Crippen LogP contribution in [-0.4, -0.2) is 92.4 Å². The van der Waals surface area contributed by atoms with E-state index in [4.69, 9.17) is 37.9 Å². The smallest absolute Gasteiger partial charge is 0.306 e. The quantitative estimate of drug-likeness (QED) is 0.0245. The second-order valence-electron chi connectivity index (χ2n) is 17.5. The first-order valence-corrected chi connectivity index (χ1v) is 25.3. The summed E-state index contributed by atoms with van der Waals surface area (Å²) in [7, 11) is 0. The fraction of sp³-hybridized carbons (Fsp3) is 0.843. The van der Waals surface area contributed by atoms with Crippen LogP contribution in [0, 0.1) is 0 Å². The lowest BCUT2D eigenvalue weighted by Crippen LogP contribution is -2.63. The minimum absolute atomic E-state index is 0.153. The second-order valence-corrected chi connectivity index (χ2v) is 17.5. The van der Waals surface area contributed by atoms with E-state index >= 15 is 0 Å². The van der Waals surface area contributed by atoms with Crippen LogP contribution in [-0.2, 0) is 66.7 Å². The van der Waals surface area contributed by atoms with E-state index in [-0.39, 0.29) is 26.1 Å². The van der Waals surface area contributed by atoms with Crippen LogP contribution in [0.15, 0.2) is 12.2 Å². The summed E-state index contributed by atoms with van der Waals surface area (Å²) in [6.07, 6.45) is 26.9. The summed E-state index contributed by atoms with van der Waals surface area (Å²) in [6, 6.07) is 0. The molecule has 1 saturated heterocycles. The molecule has 0 aromatic carbocycles. The molecule has 0 unspecified atom stereocenters. The molecule has 1 heterocycles. The van der Waals surface area contributed by atoms with Crippen LogP contribution < -0.4 is 0 Å². The van der Waals surface area contributed by atoms with Crippen LogP contribution in [0.3, 0.4) is 0 Å². The molecular formula is C51H88O14. The van der Waals surface area contributed by atoms with Crippen LogP contribution in [0.5, 0.6) is 0 Å². The molecular weight excluding hydrogens is 837 g/mol. The van der Waals surface area contributed by atoms with E-state index in [1.54, 1.807) is 0 Å². The van der Waals surface area contributed by atoms with Gasteiger partial charge in [-0.25, -0.2) is 0 Å². The molecule has 376 valence electrons. The molecule has 1 aliphatic rings. The molecule has 0 bridgehead atoms. The lowest BCUT2D eigenvalue weighted by Gasteiger charge is -2.44. The van der Waals surface area contributed by atoms with Gasteiger partial charge < -0.3 is 37.9 Å². The van der Waals surface area contributed by atoms with Crippen LogP contribution in [0.25, 0.3) is 0 Å². The summed E-state index contributed by atoms with van der Waals surface area (Å²) in [5.41, 5.74) is 0. The first kappa shape index (κ1) is 59.5. The number of esters is 6. The van der Waals surface area contributed by atoms with Gasteiger partial charge in [-0.2, -0.15) is 0 Å². The van der Waals surface area contributed by atoms with Gasteiger partial charge in [0.05, 0.1) is 6.61 Å². The fourth-order valence-corrected chi connectivity index (χ4v) is 7.77. The van der Waals surface area contributed by atoms with E-state index < -0.39 is 79.2 Å². The van der Waals surface area contributed by atoms with Crippen molar-refractivity contribution < 1.29 is 66.7 Å². The van der Waals surface area contributed by atoms with Gasteiger partial charge in [-0.1, -0.05) is 154 Å². The number of carbonyl (C=O) groups excluding carboxylic acids is 6. The second kappa shape index (κ2) is 39.6. The topological polar surface area (TPSA) is 176 Å². The predicted octanol–water partition coefficient (Wildman–Crippen LogP) is 11.1. The van der Waals surface area contributed by atoms with Gasteiger partial charge in [0, 0.05) is 40.5 Å². The van der Waals surface area contributed by atoms with Gasteiger partial charge in [0.15, 0.2) is 30.7 Å². The van der Waals surface area contributed by atoms with Crippen molar-refractivity contribution in [2.75, 3.05) is 19.8 Å². The number of allylic oxidation sites excluding steroid dienone is 2. The monoisotopic (exact) mass is 925 g/mol. The minimum Gasteiger partial charge on any atom is -0.463 e. The number of ether oxygens (including phenoxy) is 8. The molecule has 6 atom stereocenters. The highest BCUT2D eigenvalue weighted by molar-refractivity contribution is 5.70. The van der Waals surface area contributed by atoms with E-state index in [1.165, 1.54) is 103 Å². The highest BCUT2D eigenvalue weighted by Gasteiger charge is 2.53. The molecule has 0 aromatic rings. The molecule has 14 nitrogen and oxygen atoms in total. The maximum atomic E-state index is 13.1. The Morgan fingerprint density at radius 3 is 1.34 bits per heavy atom. The van der Waals surface area contributed by atoms with Crippen molar-refractivity contribution in [3.63, 3.8) is 0 Å². The largest absolute Gasteiger partial charge is 0.463 e. The van der Waals surface area contributed by atoms with E-state index in [0.717, 1.165) is 78.6 Å². The SMILES string of the molecule is CCCCCCCC/C=C\CCCCCCCC(=O)O[C@H](COC(=O)CCCCCCCCCCCCCCC)CO[C@@H]1O[C@H](COC(C)=O)[C@H](OC(C)=O)[C@H](OC(C)=O)[C@H]1OC(C)=O. The van der Waals surface area contributed by atoms with E-state index in [0.29, 0.717) is 12.8 Å². The van der Waals surface area contributed by atoms with Gasteiger partial charge in [-0.05, 0) is 38.5 Å². The zero-order chi connectivity index (χ0) is 47.9. The van der Waals surface area contributed by atoms with Crippen LogP contribution in [0.1, 0.15) is 221 Å². The Kier molecular flexibility index (Phi) is 36.3. The summed E-state index contributed by atoms with van der Waals surface area (Å²) in [5.74, 6) is -3.91. The predicted molar refractivity (Wildman–Crippen MR) is 249 cm³/mol. The summed E-state index contributed by atoms with van der Waals surface area (Å²) < 4.78 is 45.1. The fourth-order valence-electron chi connectivity index (χ4n) is 7.77. The van der Waals surface area contributed by atoms with Crippen molar-refractivity contribution in [3.05, 3.63) is 12.2 Å². The maximum absolute atomic E-state index is 13.1. The number of carbonyl (C=O) groups is 6. The molecule has 0 radical (unpaired) electrons. The summed E-state index contributed by atoms with van der Waals surface area (Å²) >= 11 is 0. The Labute approximate surface area is 391 Å². The molecule has 0 amide bonds. The maximum Gasteiger partial charge on any atom is 0.306 e. The normalized spacial score (nSPS) is 18.8. The van der Waals surface area contributed by atoms with Crippen molar-refractivity contribution in [1.29, 1.82) is 0 Å². The number of rotatable bonds is 40. The standard InChI is InChI=1S/C51H88O14/c1-7-9-11-13-15-17-19-21-22-24-26-28-30-32-34-36-47(57)64-44(37-59-46(56)35-33-31-29-27-25-23-20-18-16-14-12-10-8-2)38-60-51-50(63-43(6)55)49(62-42(5)54)48(61-41(4)53)45(65-51)39-58-40(3)52/h21-22,44-45,48-51H,7-20,23-39H2,1-6H3/b22-21-/t44-,45-,48+,49+,50-,51-/m1/s1. The number of hydrogen-bond acceptors (Lipinski definition) is 14. The molecule has 0 aromatic heterocycles. The average Bonchev–Trinajstić information content (AvgIpc) is 3.25. The zero-order valence-corrected chi connectivity index (χ0v) is 41.3. The highest BCUT2D eigenvalue weighted by atomic mass is 16.7. The summed E-state index contributed by atoms with van der Waals surface area (Å²) in [4.78, 5) is 74.5. The third-order valence-electron chi connectivity index (χ3n) is 11.3. The Balaban J connectivity index is 2.84. The molecule has 0 N–H and O–H groups in total. The van der Waals surface area contributed by atoms with Crippen molar-refractivity contribution in [1.82, 2.24) is 0 Å². The van der Waals surface area contributed by atoms with E-state index in [9.17, 15) is 28.8 Å². The molecule has 65 heavy (non-hydrogen) atoms. The molecule has 1 rings (SSSR count). The molecule has 0 saturated carbocycles. The summed E-state index contributed by atoms with van der Waals surface area (Å²) in [6.45, 7) is 7.93. The third kappa shape index (κ3) is 32.7. The molecule has 0 aliphatic carbocycles. The zero-order valence-electron chi connectivity index (χ0n) is 41.3. The molecule has 0 spiro atoms. The van der Waals surface area contributed by atoms with Crippen molar-refractivity contribution in [2.45, 2.75) is 258 Å². The van der Waals surface area contributed by atoms with E-state index in [1.807, 2.05) is 0 Å². The van der Waals surface area contributed by atoms with Crippen molar-refractivity contribution in [2.24, 2.45) is 0 Å². The number of hydrogen-bond donors (Lipinski definition) is 0. The molecule has 1 fully saturated rings. The van der Waals surface area contributed by atoms with Gasteiger partial charge in [0.25, 0.3) is 0 Å². The van der Waals surface area contributed by atoms with Crippen LogP contribution >= 0.6 is 0 Å². The van der Waals surface area contributed by atoms with Crippen molar-refractivity contribution >= 4 is 35.8 Å². The van der Waals surface area contributed by atoms with Gasteiger partial charge in [0.1, 0.15) is 19.3 Å². The van der Waals surface area contributed by atoms with Gasteiger partial charge in [-0.3, -0.25) is 28.8 Å². The van der Waals surface area contributed by atoms with Crippen molar-refractivity contribution in [3.8, 4) is 0 Å². The first-order chi connectivity index (χ1) is 31.4. The lowest BCUT2D eigenvalue weighted by atomic mass is 9.98. The summed E-state index contributed by atoms with van der Waals surface area (Å²) in [5, 5.41) is 0. The highest BCUT2D eigenvalue weighted by Crippen LogP contribution is 2.30. The Hall–Kier alpha value is -3.52. The Morgan fingerprint density at radius 1 is 0.462 bits per heavy atom. The minimum atomic E-state index is -1.48. The Bertz CT molecular complexity index is 1320. The van der Waals surface area contributed by atoms with Crippen LogP contribution in [0.2, 0.25) is 0 Å². The number of unbranched alkanes of at least 4 members (excludes halogenated alkanes) is 23. The average molecular weight is 925 g/mol. The lowest BCUT2D eigenvalue weighted by molar-refractivity contribution is -0.311. The molecule has 1 aliphatic heterocycles. The van der Waals surface area contributed by atoms with Crippen LogP contribution in [0.4, 0.5) is 0 Å².